The van der Waals surface area contributed by atoms with Crippen LogP contribution in [0.3, 0.4) is 0 Å². The molecule has 2 aromatic rings. The number of nitrogens with zero attached hydrogens (tertiary/aromatic N) is 4. The van der Waals surface area contributed by atoms with Crippen LogP contribution in [0.15, 0.2) is 36.5 Å². The molecule has 0 atom stereocenters. The maximum Gasteiger partial charge on any atom is 0.321 e. The van der Waals surface area contributed by atoms with Crippen molar-refractivity contribution in [2.24, 2.45) is 0 Å². The van der Waals surface area contributed by atoms with E-state index in [1.807, 2.05) is 37.4 Å². The van der Waals surface area contributed by atoms with Crippen LogP contribution in [0, 0.1) is 0 Å². The van der Waals surface area contributed by atoms with Gasteiger partial charge in [-0.25, -0.2) is 9.78 Å². The molecule has 0 radical (unpaired) electrons. The summed E-state index contributed by atoms with van der Waals surface area (Å²) in [6.07, 6.45) is 1.57. The Labute approximate surface area is 136 Å². The Hall–Kier alpha value is -2.54. The molecule has 122 valence electrons. The molecule has 0 spiro atoms. The monoisotopic (exact) mass is 314 g/mol. The maximum absolute atomic E-state index is 11.9. The third-order valence-corrected chi connectivity index (χ3v) is 3.49. The van der Waals surface area contributed by atoms with E-state index in [1.54, 1.807) is 6.20 Å². The lowest BCUT2D eigenvalue weighted by Gasteiger charge is -2.20. The lowest BCUT2D eigenvalue weighted by Crippen LogP contribution is -2.38. The van der Waals surface area contributed by atoms with Crippen LogP contribution in [0.4, 0.5) is 10.7 Å². The summed E-state index contributed by atoms with van der Waals surface area (Å²) in [5.74, 6) is 0.182. The lowest BCUT2D eigenvalue weighted by molar-refractivity contribution is 0.244. The Morgan fingerprint density at radius 1 is 1.26 bits per heavy atom. The quantitative estimate of drug-likeness (QED) is 0.852. The first kappa shape index (κ1) is 16.8. The van der Waals surface area contributed by atoms with E-state index in [-0.39, 0.29) is 12.0 Å². The Morgan fingerprint density at radius 2 is 2.00 bits per heavy atom. The molecule has 0 saturated carbocycles. The summed E-state index contributed by atoms with van der Waals surface area (Å²) in [6, 6.07) is 9.72. The predicted octanol–water partition coefficient (Wildman–Crippen LogP) is 2.00. The highest BCUT2D eigenvalue weighted by Gasteiger charge is 2.08. The fourth-order valence-corrected chi connectivity index (χ4v) is 1.85. The summed E-state index contributed by atoms with van der Waals surface area (Å²) < 4.78 is 0. The number of carbonyl (C=O) groups is 1. The van der Waals surface area contributed by atoms with Crippen LogP contribution in [0.5, 0.6) is 0 Å². The molecule has 0 saturated heterocycles. The van der Waals surface area contributed by atoms with Crippen molar-refractivity contribution in [3.63, 3.8) is 0 Å². The van der Waals surface area contributed by atoms with E-state index < -0.39 is 0 Å². The number of nitrogens with one attached hydrogen (secondary N) is 2. The van der Waals surface area contributed by atoms with Crippen molar-refractivity contribution in [1.29, 1.82) is 0 Å². The van der Waals surface area contributed by atoms with Crippen molar-refractivity contribution in [2.75, 3.05) is 25.5 Å². The van der Waals surface area contributed by atoms with Crippen molar-refractivity contribution < 1.29 is 4.79 Å². The molecule has 2 amide bonds. The van der Waals surface area contributed by atoms with E-state index in [0.717, 1.165) is 12.1 Å². The fourth-order valence-electron chi connectivity index (χ4n) is 1.85. The van der Waals surface area contributed by atoms with Crippen molar-refractivity contribution in [2.45, 2.75) is 19.9 Å². The van der Waals surface area contributed by atoms with E-state index in [2.05, 4.69) is 44.6 Å². The normalized spacial score (nSPS) is 10.8. The Balaban J connectivity index is 1.89. The molecule has 7 nitrogen and oxygen atoms in total. The molecule has 23 heavy (non-hydrogen) atoms. The van der Waals surface area contributed by atoms with Crippen LogP contribution in [0.1, 0.15) is 13.8 Å². The number of hydrogen-bond donors (Lipinski definition) is 2. The average Bonchev–Trinajstić information content (AvgIpc) is 2.55. The summed E-state index contributed by atoms with van der Waals surface area (Å²) in [5, 5.41) is 13.1. The molecule has 0 aliphatic carbocycles. The zero-order chi connectivity index (χ0) is 16.7. The molecule has 1 aromatic heterocycles. The minimum Gasteiger partial charge on any atom is -0.337 e. The molecular formula is C16H22N6O. The highest BCUT2D eigenvalue weighted by Crippen LogP contribution is 2.15. The van der Waals surface area contributed by atoms with E-state index in [9.17, 15) is 4.79 Å². The minimum absolute atomic E-state index is 0.182. The molecule has 0 bridgehead atoms. The van der Waals surface area contributed by atoms with Gasteiger partial charge in [0, 0.05) is 24.7 Å². The third-order valence-electron chi connectivity index (χ3n) is 3.49. The Bertz CT molecular complexity index is 631. The van der Waals surface area contributed by atoms with Gasteiger partial charge in [-0.1, -0.05) is 30.3 Å². The SMILES string of the molecule is CC(C)N(C)CCNC(=O)Nc1nncc(-c2ccccc2)n1. The Kier molecular flexibility index (Phi) is 5.99. The number of amides is 2. The second kappa shape index (κ2) is 8.19. The van der Waals surface area contributed by atoms with Crippen molar-refractivity contribution in [3.8, 4) is 11.3 Å². The summed E-state index contributed by atoms with van der Waals surface area (Å²) in [4.78, 5) is 18.3. The maximum atomic E-state index is 11.9. The zero-order valence-electron chi connectivity index (χ0n) is 13.7. The van der Waals surface area contributed by atoms with Gasteiger partial charge in [-0.2, -0.15) is 5.10 Å². The van der Waals surface area contributed by atoms with Gasteiger partial charge in [-0.05, 0) is 20.9 Å². The number of hydrogen-bond acceptors (Lipinski definition) is 5. The molecule has 1 aromatic carbocycles. The predicted molar refractivity (Wildman–Crippen MR) is 90.1 cm³/mol. The number of urea groups is 1. The zero-order valence-corrected chi connectivity index (χ0v) is 13.7. The molecule has 0 aliphatic rings. The number of carbonyl (C=O) groups excluding carboxylic acids is 1. The highest BCUT2D eigenvalue weighted by molar-refractivity contribution is 5.87. The number of likely N-dealkylation sites (N-methyl/N-ethyl adjacent to an activating group) is 1. The molecule has 7 heteroatoms. The van der Waals surface area contributed by atoms with Gasteiger partial charge in [-0.15, -0.1) is 5.10 Å². The number of benzene rings is 1. The van der Waals surface area contributed by atoms with Gasteiger partial charge in [0.25, 0.3) is 5.95 Å². The smallest absolute Gasteiger partial charge is 0.321 e. The number of rotatable bonds is 6. The first-order valence-corrected chi connectivity index (χ1v) is 7.56. The molecule has 0 fully saturated rings. The lowest BCUT2D eigenvalue weighted by atomic mass is 10.2. The second-order valence-corrected chi connectivity index (χ2v) is 5.49. The summed E-state index contributed by atoms with van der Waals surface area (Å²) in [6.45, 7) is 5.53. The van der Waals surface area contributed by atoms with Crippen LogP contribution < -0.4 is 10.6 Å². The highest BCUT2D eigenvalue weighted by atomic mass is 16.2. The Morgan fingerprint density at radius 3 is 2.70 bits per heavy atom. The van der Waals surface area contributed by atoms with Gasteiger partial charge in [-0.3, -0.25) is 5.32 Å². The van der Waals surface area contributed by atoms with E-state index in [4.69, 9.17) is 0 Å². The van der Waals surface area contributed by atoms with Crippen LogP contribution in [0.25, 0.3) is 11.3 Å². The van der Waals surface area contributed by atoms with Crippen LogP contribution in [-0.2, 0) is 0 Å². The summed E-state index contributed by atoms with van der Waals surface area (Å²) in [7, 11) is 2.01. The van der Waals surface area contributed by atoms with Gasteiger partial charge in [0.15, 0.2) is 0 Å². The van der Waals surface area contributed by atoms with Gasteiger partial charge in [0.1, 0.15) is 0 Å². The van der Waals surface area contributed by atoms with E-state index in [1.165, 1.54) is 0 Å². The second-order valence-electron chi connectivity index (χ2n) is 5.49. The van der Waals surface area contributed by atoms with E-state index in [0.29, 0.717) is 18.3 Å². The summed E-state index contributed by atoms with van der Waals surface area (Å²) >= 11 is 0. The summed E-state index contributed by atoms with van der Waals surface area (Å²) in [5.41, 5.74) is 1.58. The average molecular weight is 314 g/mol. The largest absolute Gasteiger partial charge is 0.337 e. The van der Waals surface area contributed by atoms with Gasteiger partial charge in [0.2, 0.25) is 0 Å². The third kappa shape index (κ3) is 5.30. The van der Waals surface area contributed by atoms with Gasteiger partial charge < -0.3 is 10.2 Å². The standard InChI is InChI=1S/C16H22N6O/c1-12(2)22(3)10-9-17-16(23)20-15-19-14(11-18-21-15)13-7-5-4-6-8-13/h4-8,11-12H,9-10H2,1-3H3,(H2,17,19,20,21,23). The number of aromatic nitrogens is 3. The number of anilines is 1. The first-order valence-electron chi connectivity index (χ1n) is 7.56. The van der Waals surface area contributed by atoms with Gasteiger partial charge >= 0.3 is 6.03 Å². The van der Waals surface area contributed by atoms with Gasteiger partial charge in [0.05, 0.1) is 11.9 Å². The molecule has 0 aliphatic heterocycles. The molecular weight excluding hydrogens is 292 g/mol. The van der Waals surface area contributed by atoms with Crippen molar-refractivity contribution in [3.05, 3.63) is 36.5 Å². The van der Waals surface area contributed by atoms with Crippen molar-refractivity contribution in [1.82, 2.24) is 25.4 Å². The molecule has 2 N–H and O–H groups in total. The van der Waals surface area contributed by atoms with Crippen molar-refractivity contribution >= 4 is 12.0 Å². The van der Waals surface area contributed by atoms with Crippen LogP contribution in [0.2, 0.25) is 0 Å². The first-order chi connectivity index (χ1) is 11.1. The molecule has 1 heterocycles. The fraction of sp³-hybridized carbons (Fsp3) is 0.375. The van der Waals surface area contributed by atoms with Crippen LogP contribution in [-0.4, -0.2) is 52.3 Å². The van der Waals surface area contributed by atoms with Crippen LogP contribution >= 0.6 is 0 Å². The molecule has 0 unspecified atom stereocenters. The minimum atomic E-state index is -0.339. The molecule has 2 rings (SSSR count). The topological polar surface area (TPSA) is 83.0 Å². The van der Waals surface area contributed by atoms with E-state index >= 15 is 0 Å².